The first-order valence-electron chi connectivity index (χ1n) is 6.78. The minimum absolute atomic E-state index is 0.0486. The van der Waals surface area contributed by atoms with Crippen LogP contribution >= 0.6 is 11.8 Å². The van der Waals surface area contributed by atoms with E-state index in [0.29, 0.717) is 0 Å². The monoisotopic (exact) mass is 288 g/mol. The largest absolute Gasteiger partial charge is 0.380 e. The van der Waals surface area contributed by atoms with Crippen molar-refractivity contribution in [2.75, 3.05) is 5.32 Å². The Kier molecular flexibility index (Phi) is 5.30. The van der Waals surface area contributed by atoms with Gasteiger partial charge >= 0.3 is 0 Å². The number of hydrogen-bond acceptors (Lipinski definition) is 3. The molecule has 0 unspecified atom stereocenters. The van der Waals surface area contributed by atoms with Crippen LogP contribution in [0.3, 0.4) is 0 Å². The van der Waals surface area contributed by atoms with Crippen LogP contribution in [0.15, 0.2) is 30.3 Å². The molecule has 0 spiro atoms. The molecule has 1 aromatic rings. The summed E-state index contributed by atoms with van der Waals surface area (Å²) in [5.74, 6) is 0. The fraction of sp³-hybridized carbons (Fsp3) is 0.471. The molecular formula is C17H24N2S. The lowest BCUT2D eigenvalue weighted by molar-refractivity contribution is 0.634. The predicted molar refractivity (Wildman–Crippen MR) is 90.8 cm³/mol. The molecule has 3 heteroatoms. The van der Waals surface area contributed by atoms with Crippen molar-refractivity contribution in [3.05, 3.63) is 35.9 Å². The quantitative estimate of drug-likeness (QED) is 0.767. The standard InChI is InChI=1S/C17H24N2S/c1-16(2,3)19-14-9-7-13(8-10-14)15(11-12-18)20-17(4,5)6/h7-11,19H,1-6H3/b15-11+. The number of nitrogens with zero attached hydrogens (tertiary/aromatic N) is 1. The van der Waals surface area contributed by atoms with Gasteiger partial charge in [0.2, 0.25) is 0 Å². The molecule has 0 heterocycles. The zero-order chi connectivity index (χ0) is 15.4. The lowest BCUT2D eigenvalue weighted by Crippen LogP contribution is -2.25. The van der Waals surface area contributed by atoms with Crippen LogP contribution in [0.4, 0.5) is 5.69 Å². The van der Waals surface area contributed by atoms with E-state index in [2.05, 4.69) is 77.2 Å². The Morgan fingerprint density at radius 2 is 1.65 bits per heavy atom. The van der Waals surface area contributed by atoms with Gasteiger partial charge in [-0.15, -0.1) is 11.8 Å². The number of benzene rings is 1. The number of allylic oxidation sites excluding steroid dienone is 1. The minimum Gasteiger partial charge on any atom is -0.380 e. The zero-order valence-corrected chi connectivity index (χ0v) is 14.1. The van der Waals surface area contributed by atoms with Gasteiger partial charge in [0.25, 0.3) is 0 Å². The minimum atomic E-state index is 0.0486. The molecule has 0 amide bonds. The first kappa shape index (κ1) is 16.7. The van der Waals surface area contributed by atoms with Crippen LogP contribution in [0.1, 0.15) is 47.1 Å². The SMILES string of the molecule is CC(C)(C)Nc1ccc(/C(=C\C#N)SC(C)(C)C)cc1. The van der Waals surface area contributed by atoms with Gasteiger partial charge in [-0.3, -0.25) is 0 Å². The highest BCUT2D eigenvalue weighted by atomic mass is 32.2. The van der Waals surface area contributed by atoms with E-state index in [1.54, 1.807) is 17.8 Å². The van der Waals surface area contributed by atoms with Gasteiger partial charge in [0.15, 0.2) is 0 Å². The third kappa shape index (κ3) is 6.16. The number of rotatable bonds is 3. The van der Waals surface area contributed by atoms with E-state index in [9.17, 15) is 0 Å². The summed E-state index contributed by atoms with van der Waals surface area (Å²) < 4.78 is 0.0883. The molecule has 0 saturated carbocycles. The van der Waals surface area contributed by atoms with E-state index in [1.165, 1.54) is 0 Å². The summed E-state index contributed by atoms with van der Waals surface area (Å²) in [5, 5.41) is 12.4. The number of nitrogens with one attached hydrogen (secondary N) is 1. The Labute approximate surface area is 127 Å². The summed E-state index contributed by atoms with van der Waals surface area (Å²) in [6, 6.07) is 10.4. The van der Waals surface area contributed by atoms with Crippen LogP contribution < -0.4 is 5.32 Å². The van der Waals surface area contributed by atoms with Crippen molar-refractivity contribution in [2.24, 2.45) is 0 Å². The lowest BCUT2D eigenvalue weighted by Gasteiger charge is -2.23. The van der Waals surface area contributed by atoms with Crippen LogP contribution in [0.2, 0.25) is 0 Å². The molecule has 0 fully saturated rings. The fourth-order valence-corrected chi connectivity index (χ4v) is 2.74. The number of anilines is 1. The third-order valence-electron chi connectivity index (χ3n) is 2.30. The third-order valence-corrected chi connectivity index (χ3v) is 3.49. The van der Waals surface area contributed by atoms with Crippen molar-refractivity contribution in [2.45, 2.75) is 51.8 Å². The summed E-state index contributed by atoms with van der Waals surface area (Å²) in [6.07, 6.45) is 1.63. The van der Waals surface area contributed by atoms with Gasteiger partial charge in [0.1, 0.15) is 0 Å². The van der Waals surface area contributed by atoms with E-state index >= 15 is 0 Å². The van der Waals surface area contributed by atoms with Crippen LogP contribution in [0, 0.1) is 11.3 Å². The van der Waals surface area contributed by atoms with Crippen molar-refractivity contribution in [1.82, 2.24) is 0 Å². The second kappa shape index (κ2) is 6.37. The van der Waals surface area contributed by atoms with E-state index < -0.39 is 0 Å². The van der Waals surface area contributed by atoms with Crippen molar-refractivity contribution in [1.29, 1.82) is 5.26 Å². The van der Waals surface area contributed by atoms with Crippen LogP contribution in [0.25, 0.3) is 4.91 Å². The summed E-state index contributed by atoms with van der Waals surface area (Å²) in [6.45, 7) is 12.9. The van der Waals surface area contributed by atoms with Crippen molar-refractivity contribution >= 4 is 22.4 Å². The molecule has 0 saturated heterocycles. The smallest absolute Gasteiger partial charge is 0.0923 e. The molecule has 108 valence electrons. The highest BCUT2D eigenvalue weighted by Crippen LogP contribution is 2.37. The summed E-state index contributed by atoms with van der Waals surface area (Å²) >= 11 is 1.72. The molecule has 0 atom stereocenters. The highest BCUT2D eigenvalue weighted by molar-refractivity contribution is 8.09. The number of nitriles is 1. The Bertz CT molecular complexity index is 508. The van der Waals surface area contributed by atoms with Gasteiger partial charge < -0.3 is 5.32 Å². The van der Waals surface area contributed by atoms with Gasteiger partial charge in [-0.25, -0.2) is 0 Å². The Morgan fingerprint density at radius 1 is 1.10 bits per heavy atom. The summed E-state index contributed by atoms with van der Waals surface area (Å²) in [5.41, 5.74) is 2.23. The Morgan fingerprint density at radius 3 is 2.05 bits per heavy atom. The topological polar surface area (TPSA) is 35.8 Å². The molecule has 1 rings (SSSR count). The summed E-state index contributed by atoms with van der Waals surface area (Å²) in [4.78, 5) is 1.02. The molecule has 0 radical (unpaired) electrons. The number of thioether (sulfide) groups is 1. The molecule has 0 aliphatic heterocycles. The van der Waals surface area contributed by atoms with E-state index in [4.69, 9.17) is 5.26 Å². The normalized spacial score (nSPS) is 12.9. The summed E-state index contributed by atoms with van der Waals surface area (Å²) in [7, 11) is 0. The first-order valence-corrected chi connectivity index (χ1v) is 7.60. The average molecular weight is 288 g/mol. The first-order chi connectivity index (χ1) is 9.11. The maximum Gasteiger partial charge on any atom is 0.0923 e. The average Bonchev–Trinajstić information content (AvgIpc) is 2.25. The van der Waals surface area contributed by atoms with E-state index in [1.807, 2.05) is 0 Å². The fourth-order valence-electron chi connectivity index (χ4n) is 1.71. The maximum absolute atomic E-state index is 8.95. The van der Waals surface area contributed by atoms with E-state index in [0.717, 1.165) is 16.2 Å². The van der Waals surface area contributed by atoms with Crippen molar-refractivity contribution in [3.8, 4) is 6.07 Å². The second-order valence-corrected chi connectivity index (χ2v) is 8.67. The molecule has 0 aliphatic rings. The van der Waals surface area contributed by atoms with Gasteiger partial charge in [-0.1, -0.05) is 32.9 Å². The maximum atomic E-state index is 8.95. The molecule has 0 aromatic heterocycles. The van der Waals surface area contributed by atoms with Crippen LogP contribution in [-0.2, 0) is 0 Å². The van der Waals surface area contributed by atoms with Crippen LogP contribution in [0.5, 0.6) is 0 Å². The van der Waals surface area contributed by atoms with Crippen molar-refractivity contribution in [3.63, 3.8) is 0 Å². The highest BCUT2D eigenvalue weighted by Gasteiger charge is 2.15. The van der Waals surface area contributed by atoms with Crippen LogP contribution in [-0.4, -0.2) is 10.3 Å². The zero-order valence-electron chi connectivity index (χ0n) is 13.2. The van der Waals surface area contributed by atoms with E-state index in [-0.39, 0.29) is 10.3 Å². The Hall–Kier alpha value is -1.40. The lowest BCUT2D eigenvalue weighted by atomic mass is 10.1. The molecular weight excluding hydrogens is 264 g/mol. The molecule has 0 bridgehead atoms. The molecule has 0 aliphatic carbocycles. The van der Waals surface area contributed by atoms with Gasteiger partial charge in [-0.05, 0) is 38.5 Å². The Balaban J connectivity index is 2.96. The molecule has 2 nitrogen and oxygen atoms in total. The predicted octanol–water partition coefficient (Wildman–Crippen LogP) is 5.29. The number of hydrogen-bond donors (Lipinski definition) is 1. The second-order valence-electron chi connectivity index (χ2n) is 6.80. The van der Waals surface area contributed by atoms with Gasteiger partial charge in [0.05, 0.1) is 6.07 Å². The van der Waals surface area contributed by atoms with Gasteiger partial charge in [0, 0.05) is 27.0 Å². The van der Waals surface area contributed by atoms with Crippen molar-refractivity contribution < 1.29 is 0 Å². The van der Waals surface area contributed by atoms with Gasteiger partial charge in [-0.2, -0.15) is 5.26 Å². The molecule has 1 N–H and O–H groups in total. The molecule has 20 heavy (non-hydrogen) atoms. The molecule has 1 aromatic carbocycles.